The zero-order valence-corrected chi connectivity index (χ0v) is 14.0. The molecule has 0 spiro atoms. The molecule has 0 aromatic heterocycles. The first-order valence-electron chi connectivity index (χ1n) is 8.24. The predicted octanol–water partition coefficient (Wildman–Crippen LogP) is 2.62. The maximum atomic E-state index is 12.3. The zero-order chi connectivity index (χ0) is 16.7. The summed E-state index contributed by atoms with van der Waals surface area (Å²) in [7, 11) is 1.53. The van der Waals surface area contributed by atoms with Crippen molar-refractivity contribution in [3.8, 4) is 0 Å². The molecule has 23 heavy (non-hydrogen) atoms. The minimum absolute atomic E-state index is 0.0188. The summed E-state index contributed by atoms with van der Waals surface area (Å²) >= 11 is 0. The fourth-order valence-electron chi connectivity index (χ4n) is 2.99. The van der Waals surface area contributed by atoms with Crippen molar-refractivity contribution < 1.29 is 14.4 Å². The van der Waals surface area contributed by atoms with Crippen molar-refractivity contribution in [1.29, 1.82) is 0 Å². The first-order valence-corrected chi connectivity index (χ1v) is 8.24. The van der Waals surface area contributed by atoms with Gasteiger partial charge in [0, 0.05) is 26.4 Å². The van der Waals surface area contributed by atoms with E-state index < -0.39 is 0 Å². The molecule has 0 aliphatic carbocycles. The van der Waals surface area contributed by atoms with Crippen molar-refractivity contribution in [2.24, 2.45) is 5.92 Å². The summed E-state index contributed by atoms with van der Waals surface area (Å²) in [6, 6.07) is 9.83. The lowest BCUT2D eigenvalue weighted by Gasteiger charge is -2.31. The van der Waals surface area contributed by atoms with E-state index in [0.717, 1.165) is 37.9 Å². The minimum atomic E-state index is 0.0188. The highest BCUT2D eigenvalue weighted by atomic mass is 16.7. The van der Waals surface area contributed by atoms with Gasteiger partial charge in [-0.05, 0) is 30.7 Å². The summed E-state index contributed by atoms with van der Waals surface area (Å²) < 4.78 is 0. The molecule has 1 saturated heterocycles. The van der Waals surface area contributed by atoms with E-state index in [2.05, 4.69) is 0 Å². The molecule has 0 saturated carbocycles. The van der Waals surface area contributed by atoms with Crippen LogP contribution in [0.3, 0.4) is 0 Å². The fourth-order valence-corrected chi connectivity index (χ4v) is 2.99. The van der Waals surface area contributed by atoms with E-state index in [1.54, 1.807) is 6.92 Å². The zero-order valence-electron chi connectivity index (χ0n) is 14.0. The molecule has 1 heterocycles. The number of carbonyl (C=O) groups is 2. The van der Waals surface area contributed by atoms with Gasteiger partial charge in [-0.1, -0.05) is 30.3 Å². The molecular weight excluding hydrogens is 292 g/mol. The molecule has 5 nitrogen and oxygen atoms in total. The summed E-state index contributed by atoms with van der Waals surface area (Å²) in [5.41, 5.74) is 1.05. The lowest BCUT2D eigenvalue weighted by atomic mass is 9.92. The first kappa shape index (κ1) is 17.5. The summed E-state index contributed by atoms with van der Waals surface area (Å²) in [6.07, 6.45) is 3.32. The van der Waals surface area contributed by atoms with Gasteiger partial charge >= 0.3 is 0 Å². The minimum Gasteiger partial charge on any atom is -0.343 e. The van der Waals surface area contributed by atoms with E-state index >= 15 is 0 Å². The third-order valence-electron chi connectivity index (χ3n) is 4.49. The molecule has 1 aliphatic rings. The van der Waals surface area contributed by atoms with Crippen molar-refractivity contribution in [2.75, 3.05) is 20.2 Å². The second kappa shape index (κ2) is 8.67. The second-order valence-corrected chi connectivity index (χ2v) is 6.09. The van der Waals surface area contributed by atoms with Crippen LogP contribution >= 0.6 is 0 Å². The van der Waals surface area contributed by atoms with E-state index in [1.165, 1.54) is 12.2 Å². The lowest BCUT2D eigenvalue weighted by Crippen LogP contribution is -2.37. The van der Waals surface area contributed by atoms with E-state index in [1.807, 2.05) is 35.2 Å². The Morgan fingerprint density at radius 3 is 2.43 bits per heavy atom. The summed E-state index contributed by atoms with van der Waals surface area (Å²) in [4.78, 5) is 30.8. The Morgan fingerprint density at radius 2 is 1.87 bits per heavy atom. The van der Waals surface area contributed by atoms with Gasteiger partial charge in [-0.3, -0.25) is 14.4 Å². The Labute approximate surface area is 138 Å². The van der Waals surface area contributed by atoms with Crippen LogP contribution in [-0.2, 0) is 21.0 Å². The molecule has 0 bridgehead atoms. The predicted molar refractivity (Wildman–Crippen MR) is 88.2 cm³/mol. The Hall–Kier alpha value is -1.88. The largest absolute Gasteiger partial charge is 0.343 e. The van der Waals surface area contributed by atoms with Crippen LogP contribution in [0.25, 0.3) is 0 Å². The van der Waals surface area contributed by atoms with Gasteiger partial charge in [0.15, 0.2) is 0 Å². The smallest absolute Gasteiger partial charge is 0.246 e. The fraction of sp³-hybridized carbons (Fsp3) is 0.556. The molecule has 1 aliphatic heterocycles. The van der Waals surface area contributed by atoms with Crippen molar-refractivity contribution in [3.63, 3.8) is 0 Å². The quantitative estimate of drug-likeness (QED) is 0.758. The van der Waals surface area contributed by atoms with Gasteiger partial charge in [0.2, 0.25) is 11.8 Å². The van der Waals surface area contributed by atoms with Gasteiger partial charge < -0.3 is 4.90 Å². The average Bonchev–Trinajstić information content (AvgIpc) is 2.58. The van der Waals surface area contributed by atoms with Crippen LogP contribution in [0.1, 0.15) is 38.2 Å². The Balaban J connectivity index is 1.76. The molecular formula is C18H26N2O3. The van der Waals surface area contributed by atoms with Crippen LogP contribution in [0.4, 0.5) is 0 Å². The average molecular weight is 318 g/mol. The number of piperidine rings is 1. The van der Waals surface area contributed by atoms with Crippen LogP contribution in [-0.4, -0.2) is 42.0 Å². The number of hydrogen-bond acceptors (Lipinski definition) is 3. The number of carbonyl (C=O) groups excluding carboxylic acids is 2. The number of benzene rings is 1. The molecule has 0 atom stereocenters. The van der Waals surface area contributed by atoms with Gasteiger partial charge in [0.05, 0.1) is 13.7 Å². The number of rotatable bonds is 6. The molecule has 2 rings (SSSR count). The van der Waals surface area contributed by atoms with Crippen LogP contribution in [0, 0.1) is 5.92 Å². The molecule has 0 N–H and O–H groups in total. The van der Waals surface area contributed by atoms with Crippen molar-refractivity contribution in [3.05, 3.63) is 35.9 Å². The molecule has 0 radical (unpaired) electrons. The second-order valence-electron chi connectivity index (χ2n) is 6.09. The molecule has 126 valence electrons. The van der Waals surface area contributed by atoms with Crippen molar-refractivity contribution in [1.82, 2.24) is 9.96 Å². The van der Waals surface area contributed by atoms with Gasteiger partial charge in [0.25, 0.3) is 0 Å². The molecule has 0 unspecified atom stereocenters. The summed E-state index contributed by atoms with van der Waals surface area (Å²) in [5.74, 6) is 0.684. The van der Waals surface area contributed by atoms with Gasteiger partial charge in [-0.15, -0.1) is 0 Å². The number of hydrogen-bond donors (Lipinski definition) is 0. The third kappa shape index (κ3) is 5.36. The molecule has 5 heteroatoms. The lowest BCUT2D eigenvalue weighted by molar-refractivity contribution is -0.179. The SMILES string of the molecule is CON(Cc1ccccc1)C(=O)CCC1CCN(C(C)=O)CC1. The Kier molecular flexibility index (Phi) is 6.59. The molecule has 2 amide bonds. The van der Waals surface area contributed by atoms with Gasteiger partial charge in [0.1, 0.15) is 0 Å². The van der Waals surface area contributed by atoms with Crippen LogP contribution < -0.4 is 0 Å². The standard InChI is InChI=1S/C18H26N2O3/c1-15(21)19-12-10-16(11-13-19)8-9-18(22)20(23-2)14-17-6-4-3-5-7-17/h3-7,16H,8-14H2,1-2H3. The first-order chi connectivity index (χ1) is 11.1. The van der Waals surface area contributed by atoms with Crippen LogP contribution in [0.5, 0.6) is 0 Å². The highest BCUT2D eigenvalue weighted by Crippen LogP contribution is 2.22. The number of likely N-dealkylation sites (tertiary alicyclic amines) is 1. The van der Waals surface area contributed by atoms with E-state index in [0.29, 0.717) is 18.9 Å². The Morgan fingerprint density at radius 1 is 1.22 bits per heavy atom. The van der Waals surface area contributed by atoms with Crippen molar-refractivity contribution >= 4 is 11.8 Å². The number of hydroxylamine groups is 2. The number of amides is 2. The maximum Gasteiger partial charge on any atom is 0.246 e. The highest BCUT2D eigenvalue weighted by molar-refractivity contribution is 5.75. The monoisotopic (exact) mass is 318 g/mol. The van der Waals surface area contributed by atoms with E-state index in [9.17, 15) is 9.59 Å². The normalized spacial score (nSPS) is 15.5. The molecule has 1 aromatic rings. The van der Waals surface area contributed by atoms with E-state index in [-0.39, 0.29) is 11.8 Å². The van der Waals surface area contributed by atoms with Gasteiger partial charge in [-0.25, -0.2) is 5.06 Å². The highest BCUT2D eigenvalue weighted by Gasteiger charge is 2.22. The number of nitrogens with zero attached hydrogens (tertiary/aromatic N) is 2. The van der Waals surface area contributed by atoms with Crippen LogP contribution in [0.2, 0.25) is 0 Å². The topological polar surface area (TPSA) is 49.9 Å². The summed E-state index contributed by atoms with van der Waals surface area (Å²) in [6.45, 7) is 3.71. The maximum absolute atomic E-state index is 12.3. The van der Waals surface area contributed by atoms with Crippen LogP contribution in [0.15, 0.2) is 30.3 Å². The van der Waals surface area contributed by atoms with Crippen molar-refractivity contribution in [2.45, 2.75) is 39.2 Å². The molecule has 1 aromatic carbocycles. The summed E-state index contributed by atoms with van der Waals surface area (Å²) in [5, 5.41) is 1.43. The third-order valence-corrected chi connectivity index (χ3v) is 4.49. The molecule has 1 fully saturated rings. The van der Waals surface area contributed by atoms with Gasteiger partial charge in [-0.2, -0.15) is 0 Å². The van der Waals surface area contributed by atoms with E-state index in [4.69, 9.17) is 4.84 Å². The Bertz CT molecular complexity index is 510.